The first-order valence-corrected chi connectivity index (χ1v) is 13.6. The van der Waals surface area contributed by atoms with Gasteiger partial charge in [-0.2, -0.15) is 13.2 Å². The number of benzene rings is 3. The van der Waals surface area contributed by atoms with Gasteiger partial charge >= 0.3 is 6.18 Å². The standard InChI is InChI=1S/C30H23F3N2O2S/c1-2-38(36,37)25-16-23(17-34-19-25)21-10-6-11-22(15-21)28-24(14-20-8-4-3-5-9-20)18-35-29-26(28)12-7-13-27(29)30(31,32)33/h3-13,15-19H,2,14H2,1H3. The lowest BCUT2D eigenvalue weighted by Crippen LogP contribution is -2.07. The summed E-state index contributed by atoms with van der Waals surface area (Å²) in [7, 11) is -3.46. The van der Waals surface area contributed by atoms with Crippen LogP contribution in [0.5, 0.6) is 0 Å². The maximum absolute atomic E-state index is 13.9. The highest BCUT2D eigenvalue weighted by Crippen LogP contribution is 2.40. The minimum absolute atomic E-state index is 0.0500. The van der Waals surface area contributed by atoms with Gasteiger partial charge in [0.15, 0.2) is 9.84 Å². The minimum atomic E-state index is -4.55. The van der Waals surface area contributed by atoms with Crippen molar-refractivity contribution in [2.24, 2.45) is 0 Å². The molecule has 4 nitrogen and oxygen atoms in total. The zero-order valence-electron chi connectivity index (χ0n) is 20.4. The lowest BCUT2D eigenvalue weighted by atomic mass is 9.90. The summed E-state index contributed by atoms with van der Waals surface area (Å²) in [5.74, 6) is -0.0500. The molecule has 0 bridgehead atoms. The van der Waals surface area contributed by atoms with E-state index in [1.807, 2.05) is 48.5 Å². The topological polar surface area (TPSA) is 59.9 Å². The molecule has 0 aliphatic rings. The summed E-state index contributed by atoms with van der Waals surface area (Å²) >= 11 is 0. The predicted molar refractivity (Wildman–Crippen MR) is 142 cm³/mol. The summed E-state index contributed by atoms with van der Waals surface area (Å²) in [6.07, 6.45) is 0.335. The summed E-state index contributed by atoms with van der Waals surface area (Å²) in [4.78, 5) is 8.51. The molecule has 3 aromatic carbocycles. The normalized spacial score (nSPS) is 12.1. The molecule has 0 spiro atoms. The number of para-hydroxylation sites is 1. The lowest BCUT2D eigenvalue weighted by molar-refractivity contribution is -0.136. The van der Waals surface area contributed by atoms with Crippen LogP contribution in [0.3, 0.4) is 0 Å². The number of nitrogens with zero attached hydrogens (tertiary/aromatic N) is 2. The van der Waals surface area contributed by atoms with E-state index in [2.05, 4.69) is 9.97 Å². The second kappa shape index (κ2) is 10.0. The molecule has 0 saturated heterocycles. The first kappa shape index (κ1) is 25.6. The Kier molecular flexibility index (Phi) is 6.75. The number of rotatable bonds is 6. The number of fused-ring (bicyclic) bond motifs is 1. The van der Waals surface area contributed by atoms with Gasteiger partial charge in [0, 0.05) is 29.5 Å². The summed E-state index contributed by atoms with van der Waals surface area (Å²) in [5.41, 5.74) is 3.52. The fourth-order valence-electron chi connectivity index (χ4n) is 4.55. The van der Waals surface area contributed by atoms with Crippen molar-refractivity contribution in [3.63, 3.8) is 0 Å². The molecule has 0 saturated carbocycles. The summed E-state index contributed by atoms with van der Waals surface area (Å²) in [5, 5.41) is 0.394. The minimum Gasteiger partial charge on any atom is -0.263 e. The molecule has 2 heterocycles. The van der Waals surface area contributed by atoms with Crippen LogP contribution in [-0.2, 0) is 22.4 Å². The van der Waals surface area contributed by atoms with Crippen LogP contribution >= 0.6 is 0 Å². The van der Waals surface area contributed by atoms with Crippen molar-refractivity contribution in [3.8, 4) is 22.3 Å². The molecule has 0 atom stereocenters. The van der Waals surface area contributed by atoms with Gasteiger partial charge in [0.2, 0.25) is 0 Å². The van der Waals surface area contributed by atoms with E-state index in [0.29, 0.717) is 34.1 Å². The molecule has 0 radical (unpaired) electrons. The van der Waals surface area contributed by atoms with E-state index >= 15 is 0 Å². The largest absolute Gasteiger partial charge is 0.418 e. The van der Waals surface area contributed by atoms with Crippen LogP contribution in [0.4, 0.5) is 13.2 Å². The van der Waals surface area contributed by atoms with Crippen molar-refractivity contribution < 1.29 is 21.6 Å². The van der Waals surface area contributed by atoms with E-state index in [1.165, 1.54) is 18.5 Å². The number of pyridine rings is 2. The average Bonchev–Trinajstić information content (AvgIpc) is 2.92. The Morgan fingerprint density at radius 1 is 0.789 bits per heavy atom. The second-order valence-electron chi connectivity index (χ2n) is 8.91. The van der Waals surface area contributed by atoms with Crippen LogP contribution < -0.4 is 0 Å². The number of alkyl halides is 3. The highest BCUT2D eigenvalue weighted by Gasteiger charge is 2.33. The molecule has 0 aliphatic carbocycles. The smallest absolute Gasteiger partial charge is 0.263 e. The molecule has 0 amide bonds. The fraction of sp³-hybridized carbons (Fsp3) is 0.133. The first-order chi connectivity index (χ1) is 18.2. The third-order valence-corrected chi connectivity index (χ3v) is 8.16. The molecule has 0 fully saturated rings. The first-order valence-electron chi connectivity index (χ1n) is 12.0. The van der Waals surface area contributed by atoms with Gasteiger partial charge in [-0.25, -0.2) is 8.42 Å². The van der Waals surface area contributed by atoms with Crippen LogP contribution in [0, 0.1) is 0 Å². The zero-order chi connectivity index (χ0) is 26.9. The maximum Gasteiger partial charge on any atom is 0.418 e. The Hall–Kier alpha value is -4.04. The van der Waals surface area contributed by atoms with Crippen molar-refractivity contribution in [1.29, 1.82) is 0 Å². The van der Waals surface area contributed by atoms with Crippen molar-refractivity contribution >= 4 is 20.7 Å². The molecule has 0 N–H and O–H groups in total. The molecule has 0 unspecified atom stereocenters. The van der Waals surface area contributed by atoms with Gasteiger partial charge in [-0.15, -0.1) is 0 Å². The quantitative estimate of drug-likeness (QED) is 0.229. The van der Waals surface area contributed by atoms with E-state index in [-0.39, 0.29) is 16.2 Å². The Balaban J connectivity index is 1.72. The Bertz CT molecular complexity index is 1730. The van der Waals surface area contributed by atoms with Crippen LogP contribution in [0.25, 0.3) is 33.2 Å². The fourth-order valence-corrected chi connectivity index (χ4v) is 5.41. The zero-order valence-corrected chi connectivity index (χ0v) is 21.2. The highest BCUT2D eigenvalue weighted by molar-refractivity contribution is 7.91. The molecule has 2 aromatic heterocycles. The molecule has 192 valence electrons. The van der Waals surface area contributed by atoms with Crippen molar-refractivity contribution in [2.75, 3.05) is 5.75 Å². The number of sulfone groups is 1. The third kappa shape index (κ3) is 5.04. The molecular formula is C30H23F3N2O2S. The molecule has 8 heteroatoms. The highest BCUT2D eigenvalue weighted by atomic mass is 32.2. The Morgan fingerprint density at radius 2 is 1.53 bits per heavy atom. The summed E-state index contributed by atoms with van der Waals surface area (Å²) < 4.78 is 66.4. The van der Waals surface area contributed by atoms with Gasteiger partial charge in [-0.05, 0) is 52.4 Å². The molecule has 38 heavy (non-hydrogen) atoms. The molecular weight excluding hydrogens is 509 g/mol. The predicted octanol–water partition coefficient (Wildman–Crippen LogP) is 7.37. The lowest BCUT2D eigenvalue weighted by Gasteiger charge is -2.17. The van der Waals surface area contributed by atoms with E-state index in [4.69, 9.17) is 0 Å². The van der Waals surface area contributed by atoms with Crippen molar-refractivity contribution in [3.05, 3.63) is 114 Å². The number of aromatic nitrogens is 2. The van der Waals surface area contributed by atoms with Gasteiger partial charge < -0.3 is 0 Å². The van der Waals surface area contributed by atoms with E-state index < -0.39 is 21.6 Å². The molecule has 0 aliphatic heterocycles. The SMILES string of the molecule is CCS(=O)(=O)c1cncc(-c2cccc(-c3c(Cc4ccccc4)cnc4c(C(F)(F)F)cccc34)c2)c1. The van der Waals surface area contributed by atoms with Gasteiger partial charge in [0.1, 0.15) is 0 Å². The van der Waals surface area contributed by atoms with Crippen LogP contribution in [0.1, 0.15) is 23.6 Å². The number of halogens is 3. The maximum atomic E-state index is 13.9. The van der Waals surface area contributed by atoms with Gasteiger partial charge in [0.25, 0.3) is 0 Å². The third-order valence-electron chi connectivity index (χ3n) is 6.46. The van der Waals surface area contributed by atoms with Gasteiger partial charge in [-0.1, -0.05) is 67.6 Å². The van der Waals surface area contributed by atoms with E-state index in [1.54, 1.807) is 31.3 Å². The van der Waals surface area contributed by atoms with E-state index in [9.17, 15) is 21.6 Å². The molecule has 5 aromatic rings. The average molecular weight is 533 g/mol. The number of hydrogen-bond donors (Lipinski definition) is 0. The Labute approximate surface area is 218 Å². The van der Waals surface area contributed by atoms with Crippen molar-refractivity contribution in [2.45, 2.75) is 24.4 Å². The van der Waals surface area contributed by atoms with E-state index in [0.717, 1.165) is 17.2 Å². The summed E-state index contributed by atoms with van der Waals surface area (Å²) in [6.45, 7) is 1.57. The number of hydrogen-bond acceptors (Lipinski definition) is 4. The van der Waals surface area contributed by atoms with Crippen LogP contribution in [-0.4, -0.2) is 24.1 Å². The van der Waals surface area contributed by atoms with Crippen LogP contribution in [0.15, 0.2) is 102 Å². The summed E-state index contributed by atoms with van der Waals surface area (Å²) in [6, 6.07) is 22.6. The Morgan fingerprint density at radius 3 is 2.26 bits per heavy atom. The van der Waals surface area contributed by atoms with Gasteiger partial charge in [0.05, 0.1) is 21.7 Å². The molecule has 5 rings (SSSR count). The van der Waals surface area contributed by atoms with Crippen molar-refractivity contribution in [1.82, 2.24) is 9.97 Å². The van der Waals surface area contributed by atoms with Crippen LogP contribution in [0.2, 0.25) is 0 Å². The second-order valence-corrected chi connectivity index (χ2v) is 11.2. The monoisotopic (exact) mass is 532 g/mol. The van der Waals surface area contributed by atoms with Gasteiger partial charge in [-0.3, -0.25) is 9.97 Å².